The minimum atomic E-state index is -0.255. The number of amides is 1. The molecule has 2 N–H and O–H groups in total. The second kappa shape index (κ2) is 11.0. The number of aryl methyl sites for hydroxylation is 2. The van der Waals surface area contributed by atoms with Crippen LogP contribution in [0.15, 0.2) is 67.1 Å². The number of aliphatic hydroxyl groups is 1. The molecule has 6 rings (SSSR count). The summed E-state index contributed by atoms with van der Waals surface area (Å²) in [5.74, 6) is 0.486. The topological polar surface area (TPSA) is 113 Å². The standard InChI is InChI=1S/C30H32N8O2/c1-20-3-5-21(6-4-20)28-27(29(36(2)35-28)22-11-15-37(16-12-22)17-18-39)24-7-8-26-32-25(19-38(26)34-24)33-30(40)23-9-13-31-14-10-23/h3-10,13-14,19,22,39H,11-12,15-18H2,1-2H3,(H,33,40). The lowest BCUT2D eigenvalue weighted by Gasteiger charge is -2.32. The Bertz CT molecular complexity index is 1630. The van der Waals surface area contributed by atoms with Crippen molar-refractivity contribution < 1.29 is 9.90 Å². The van der Waals surface area contributed by atoms with Crippen molar-refractivity contribution in [3.05, 3.63) is 83.9 Å². The van der Waals surface area contributed by atoms with Crippen LogP contribution in [-0.4, -0.2) is 71.5 Å². The van der Waals surface area contributed by atoms with Gasteiger partial charge in [0.15, 0.2) is 11.5 Å². The highest BCUT2D eigenvalue weighted by Crippen LogP contribution is 2.40. The maximum absolute atomic E-state index is 12.7. The largest absolute Gasteiger partial charge is 0.395 e. The van der Waals surface area contributed by atoms with Crippen molar-refractivity contribution in [1.82, 2.24) is 34.3 Å². The van der Waals surface area contributed by atoms with E-state index in [1.165, 1.54) is 5.56 Å². The number of nitrogens with zero attached hydrogens (tertiary/aromatic N) is 7. The van der Waals surface area contributed by atoms with E-state index in [9.17, 15) is 9.90 Å². The second-order valence-electron chi connectivity index (χ2n) is 10.3. The average molecular weight is 537 g/mol. The Balaban J connectivity index is 1.39. The van der Waals surface area contributed by atoms with Crippen LogP contribution >= 0.6 is 0 Å². The zero-order valence-electron chi connectivity index (χ0n) is 22.7. The number of piperidine rings is 1. The second-order valence-corrected chi connectivity index (χ2v) is 10.3. The van der Waals surface area contributed by atoms with E-state index in [2.05, 4.69) is 51.4 Å². The molecule has 1 aliphatic heterocycles. The van der Waals surface area contributed by atoms with Crippen LogP contribution in [0.1, 0.15) is 40.4 Å². The quantitative estimate of drug-likeness (QED) is 0.324. The molecule has 0 atom stereocenters. The van der Waals surface area contributed by atoms with E-state index in [1.807, 2.05) is 23.9 Å². The lowest BCUT2D eigenvalue weighted by atomic mass is 9.88. The van der Waals surface area contributed by atoms with Crippen molar-refractivity contribution in [3.8, 4) is 22.5 Å². The number of carbonyl (C=O) groups excluding carboxylic acids is 1. The van der Waals surface area contributed by atoms with Crippen molar-refractivity contribution in [2.75, 3.05) is 31.6 Å². The molecule has 1 fully saturated rings. The van der Waals surface area contributed by atoms with Gasteiger partial charge >= 0.3 is 0 Å². The van der Waals surface area contributed by atoms with Gasteiger partial charge in [-0.25, -0.2) is 9.50 Å². The average Bonchev–Trinajstić information content (AvgIpc) is 3.54. The third-order valence-electron chi connectivity index (χ3n) is 7.57. The van der Waals surface area contributed by atoms with Crippen molar-refractivity contribution in [2.24, 2.45) is 7.05 Å². The number of imidazole rings is 1. The van der Waals surface area contributed by atoms with Crippen LogP contribution in [0, 0.1) is 6.92 Å². The van der Waals surface area contributed by atoms with Crippen LogP contribution in [0.4, 0.5) is 5.82 Å². The van der Waals surface area contributed by atoms with Crippen LogP contribution in [0.2, 0.25) is 0 Å². The fraction of sp³-hybridized carbons (Fsp3) is 0.300. The fourth-order valence-corrected chi connectivity index (χ4v) is 5.51. The Morgan fingerprint density at radius 2 is 1.77 bits per heavy atom. The van der Waals surface area contributed by atoms with E-state index >= 15 is 0 Å². The number of likely N-dealkylation sites (tertiary alicyclic amines) is 1. The number of benzene rings is 1. The first-order valence-corrected chi connectivity index (χ1v) is 13.6. The van der Waals surface area contributed by atoms with Gasteiger partial charge in [0.25, 0.3) is 5.91 Å². The van der Waals surface area contributed by atoms with Gasteiger partial charge in [0, 0.05) is 43.0 Å². The normalized spacial score (nSPS) is 14.6. The van der Waals surface area contributed by atoms with Crippen LogP contribution < -0.4 is 5.32 Å². The highest BCUT2D eigenvalue weighted by atomic mass is 16.3. The molecule has 10 heteroatoms. The van der Waals surface area contributed by atoms with Crippen LogP contribution in [-0.2, 0) is 7.05 Å². The van der Waals surface area contributed by atoms with Gasteiger partial charge in [-0.2, -0.15) is 10.2 Å². The van der Waals surface area contributed by atoms with E-state index in [0.717, 1.165) is 54.1 Å². The minimum absolute atomic E-state index is 0.180. The predicted molar refractivity (Wildman–Crippen MR) is 153 cm³/mol. The highest BCUT2D eigenvalue weighted by Gasteiger charge is 2.29. The molecule has 1 aliphatic rings. The van der Waals surface area contributed by atoms with Gasteiger partial charge < -0.3 is 15.3 Å². The van der Waals surface area contributed by atoms with Gasteiger partial charge in [0.2, 0.25) is 0 Å². The molecular formula is C30H32N8O2. The van der Waals surface area contributed by atoms with Gasteiger partial charge in [0.05, 0.1) is 29.8 Å². The number of pyridine rings is 1. The van der Waals surface area contributed by atoms with E-state index in [0.29, 0.717) is 29.5 Å². The number of aliphatic hydroxyl groups excluding tert-OH is 1. The monoisotopic (exact) mass is 536 g/mol. The lowest BCUT2D eigenvalue weighted by molar-refractivity contribution is 0.102. The van der Waals surface area contributed by atoms with Crippen molar-refractivity contribution in [1.29, 1.82) is 0 Å². The lowest BCUT2D eigenvalue weighted by Crippen LogP contribution is -2.35. The summed E-state index contributed by atoms with van der Waals surface area (Å²) in [5.41, 5.74) is 7.25. The Labute approximate surface area is 232 Å². The number of hydrogen-bond acceptors (Lipinski definition) is 7. The molecule has 1 aromatic carbocycles. The molecule has 0 spiro atoms. The molecule has 0 unspecified atom stereocenters. The fourth-order valence-electron chi connectivity index (χ4n) is 5.51. The first kappa shape index (κ1) is 25.8. The predicted octanol–water partition coefficient (Wildman–Crippen LogP) is 3.92. The summed E-state index contributed by atoms with van der Waals surface area (Å²) in [6.07, 6.45) is 6.86. The Morgan fingerprint density at radius 1 is 1.02 bits per heavy atom. The minimum Gasteiger partial charge on any atom is -0.395 e. The van der Waals surface area contributed by atoms with Crippen LogP contribution in [0.3, 0.4) is 0 Å². The molecule has 1 saturated heterocycles. The highest BCUT2D eigenvalue weighted by molar-refractivity contribution is 6.03. The summed E-state index contributed by atoms with van der Waals surface area (Å²) in [5, 5.41) is 22.2. The van der Waals surface area contributed by atoms with Gasteiger partial charge in [-0.1, -0.05) is 29.8 Å². The van der Waals surface area contributed by atoms with Gasteiger partial charge in [-0.15, -0.1) is 0 Å². The molecule has 0 aliphatic carbocycles. The third-order valence-corrected chi connectivity index (χ3v) is 7.57. The maximum atomic E-state index is 12.7. The number of fused-ring (bicyclic) bond motifs is 1. The van der Waals surface area contributed by atoms with Crippen LogP contribution in [0.5, 0.6) is 0 Å². The number of hydrogen-bond donors (Lipinski definition) is 2. The number of anilines is 1. The van der Waals surface area contributed by atoms with Crippen molar-refractivity contribution in [2.45, 2.75) is 25.7 Å². The summed E-state index contributed by atoms with van der Waals surface area (Å²) in [4.78, 5) is 23.5. The summed E-state index contributed by atoms with van der Waals surface area (Å²) in [6, 6.07) is 15.6. The first-order valence-electron chi connectivity index (χ1n) is 13.6. The summed E-state index contributed by atoms with van der Waals surface area (Å²) >= 11 is 0. The molecule has 10 nitrogen and oxygen atoms in total. The Hall–Kier alpha value is -4.41. The van der Waals surface area contributed by atoms with Crippen molar-refractivity contribution in [3.63, 3.8) is 0 Å². The summed E-state index contributed by atoms with van der Waals surface area (Å²) < 4.78 is 3.72. The Morgan fingerprint density at radius 3 is 2.50 bits per heavy atom. The third kappa shape index (κ3) is 5.11. The zero-order chi connectivity index (χ0) is 27.6. The van der Waals surface area contributed by atoms with Gasteiger partial charge in [-0.05, 0) is 57.1 Å². The summed E-state index contributed by atoms with van der Waals surface area (Å²) in [7, 11) is 2.01. The molecule has 5 heterocycles. The van der Waals surface area contributed by atoms with Gasteiger partial charge in [0.1, 0.15) is 5.69 Å². The molecule has 204 valence electrons. The molecule has 4 aromatic heterocycles. The number of rotatable bonds is 7. The molecule has 0 saturated carbocycles. The molecule has 0 radical (unpaired) electrons. The summed E-state index contributed by atoms with van der Waals surface area (Å²) in [6.45, 7) is 4.83. The van der Waals surface area contributed by atoms with Gasteiger partial charge in [-0.3, -0.25) is 14.5 Å². The number of aromatic nitrogens is 6. The molecular weight excluding hydrogens is 504 g/mol. The van der Waals surface area contributed by atoms with E-state index < -0.39 is 0 Å². The smallest absolute Gasteiger partial charge is 0.256 e. The SMILES string of the molecule is Cc1ccc(-c2nn(C)c(C3CCN(CCO)CC3)c2-c2ccc3nc(NC(=O)c4ccncc4)cn3n2)cc1. The number of carbonyl (C=O) groups is 1. The van der Waals surface area contributed by atoms with Crippen molar-refractivity contribution >= 4 is 17.4 Å². The first-order chi connectivity index (χ1) is 19.5. The van der Waals surface area contributed by atoms with Crippen LogP contribution in [0.25, 0.3) is 28.2 Å². The molecule has 1 amide bonds. The number of nitrogens with one attached hydrogen (secondary N) is 1. The van der Waals surface area contributed by atoms with E-state index in [1.54, 1.807) is 35.2 Å². The molecule has 5 aromatic rings. The zero-order valence-corrected chi connectivity index (χ0v) is 22.7. The maximum Gasteiger partial charge on any atom is 0.256 e. The Kier molecular flexibility index (Phi) is 7.10. The van der Waals surface area contributed by atoms with E-state index in [4.69, 9.17) is 10.2 Å². The van der Waals surface area contributed by atoms with E-state index in [-0.39, 0.29) is 12.5 Å². The molecule has 40 heavy (non-hydrogen) atoms. The number of β-amino-alcohol motifs (C(OH)–C–C–N with tert-alkyl or cyclic N) is 1. The molecule has 0 bridgehead atoms.